The number of nitrogens with one attached hydrogen (secondary N) is 1. The van der Waals surface area contributed by atoms with E-state index in [-0.39, 0.29) is 17.5 Å². The molecule has 0 spiro atoms. The lowest BCUT2D eigenvalue weighted by atomic mass is 10.1. The van der Waals surface area contributed by atoms with Crippen LogP contribution in [0.15, 0.2) is 46.9 Å². The van der Waals surface area contributed by atoms with Crippen LogP contribution in [0.25, 0.3) is 11.0 Å². The second kappa shape index (κ2) is 6.12. The van der Waals surface area contributed by atoms with E-state index in [9.17, 15) is 9.18 Å². The van der Waals surface area contributed by atoms with Gasteiger partial charge in [0.15, 0.2) is 5.76 Å². The highest BCUT2D eigenvalue weighted by molar-refractivity contribution is 5.98. The van der Waals surface area contributed by atoms with Gasteiger partial charge in [-0.3, -0.25) is 4.79 Å². The molecule has 0 saturated carbocycles. The molecule has 2 aromatic carbocycles. The second-order valence-electron chi connectivity index (χ2n) is 5.23. The van der Waals surface area contributed by atoms with E-state index in [1.807, 2.05) is 24.3 Å². The van der Waals surface area contributed by atoms with Crippen molar-refractivity contribution in [3.8, 4) is 5.75 Å². The Bertz CT molecular complexity index is 870. The van der Waals surface area contributed by atoms with Crippen molar-refractivity contribution in [1.29, 1.82) is 0 Å². The maximum Gasteiger partial charge on any atom is 0.287 e. The van der Waals surface area contributed by atoms with Crippen LogP contribution >= 0.6 is 0 Å². The Morgan fingerprint density at radius 1 is 1.26 bits per heavy atom. The minimum absolute atomic E-state index is 0.202. The standard InChI is InChI=1S/C18H16FNO3/c1-11-15-9-13(19)6-7-16(15)23-17(11)18(21)20-10-12-4-3-5-14(8-12)22-2/h3-9H,10H2,1-2H3,(H,20,21). The number of hydrogen-bond acceptors (Lipinski definition) is 3. The number of carbonyl (C=O) groups is 1. The summed E-state index contributed by atoms with van der Waals surface area (Å²) in [5.41, 5.74) is 2.04. The average Bonchev–Trinajstić information content (AvgIpc) is 2.89. The molecule has 4 nitrogen and oxygen atoms in total. The molecule has 0 fully saturated rings. The van der Waals surface area contributed by atoms with Crippen molar-refractivity contribution in [2.24, 2.45) is 0 Å². The summed E-state index contributed by atoms with van der Waals surface area (Å²) in [4.78, 5) is 12.3. The molecule has 0 aliphatic heterocycles. The Labute approximate surface area is 132 Å². The molecule has 0 saturated heterocycles. The molecule has 0 unspecified atom stereocenters. The van der Waals surface area contributed by atoms with Crippen molar-refractivity contribution in [1.82, 2.24) is 5.32 Å². The molecule has 23 heavy (non-hydrogen) atoms. The third-order valence-electron chi connectivity index (χ3n) is 3.69. The molecule has 0 radical (unpaired) electrons. The number of amides is 1. The minimum atomic E-state index is -0.357. The molecular weight excluding hydrogens is 297 g/mol. The number of furan rings is 1. The smallest absolute Gasteiger partial charge is 0.287 e. The fourth-order valence-corrected chi connectivity index (χ4v) is 2.45. The van der Waals surface area contributed by atoms with Crippen LogP contribution in [0.3, 0.4) is 0 Å². The van der Waals surface area contributed by atoms with Crippen molar-refractivity contribution in [2.45, 2.75) is 13.5 Å². The summed E-state index contributed by atoms with van der Waals surface area (Å²) in [7, 11) is 1.59. The summed E-state index contributed by atoms with van der Waals surface area (Å²) in [6, 6.07) is 11.6. The first-order chi connectivity index (χ1) is 11.1. The van der Waals surface area contributed by atoms with Gasteiger partial charge in [0.25, 0.3) is 5.91 Å². The van der Waals surface area contributed by atoms with Crippen LogP contribution in [0.2, 0.25) is 0 Å². The van der Waals surface area contributed by atoms with Gasteiger partial charge in [-0.2, -0.15) is 0 Å². The SMILES string of the molecule is COc1cccc(CNC(=O)c2oc3ccc(F)cc3c2C)c1. The van der Waals surface area contributed by atoms with E-state index >= 15 is 0 Å². The van der Waals surface area contributed by atoms with Crippen LogP contribution in [0.5, 0.6) is 5.75 Å². The van der Waals surface area contributed by atoms with Crippen LogP contribution in [-0.4, -0.2) is 13.0 Å². The van der Waals surface area contributed by atoms with Crippen LogP contribution in [0, 0.1) is 12.7 Å². The number of benzene rings is 2. The van der Waals surface area contributed by atoms with Crippen LogP contribution < -0.4 is 10.1 Å². The average molecular weight is 313 g/mol. The zero-order chi connectivity index (χ0) is 16.4. The first kappa shape index (κ1) is 15.1. The van der Waals surface area contributed by atoms with Crippen molar-refractivity contribution in [3.63, 3.8) is 0 Å². The third-order valence-corrected chi connectivity index (χ3v) is 3.69. The van der Waals surface area contributed by atoms with E-state index in [1.54, 1.807) is 14.0 Å². The number of aryl methyl sites for hydroxylation is 1. The van der Waals surface area contributed by atoms with E-state index in [4.69, 9.17) is 9.15 Å². The second-order valence-corrected chi connectivity index (χ2v) is 5.23. The maximum absolute atomic E-state index is 13.3. The van der Waals surface area contributed by atoms with Crippen molar-refractivity contribution >= 4 is 16.9 Å². The number of hydrogen-bond donors (Lipinski definition) is 1. The Kier molecular flexibility index (Phi) is 4.02. The lowest BCUT2D eigenvalue weighted by Gasteiger charge is -2.06. The van der Waals surface area contributed by atoms with Gasteiger partial charge >= 0.3 is 0 Å². The van der Waals surface area contributed by atoms with Gasteiger partial charge in [-0.15, -0.1) is 0 Å². The fourth-order valence-electron chi connectivity index (χ4n) is 2.45. The first-order valence-corrected chi connectivity index (χ1v) is 7.18. The van der Waals surface area contributed by atoms with E-state index < -0.39 is 0 Å². The van der Waals surface area contributed by atoms with Crippen molar-refractivity contribution in [2.75, 3.05) is 7.11 Å². The summed E-state index contributed by atoms with van der Waals surface area (Å²) >= 11 is 0. The highest BCUT2D eigenvalue weighted by atomic mass is 19.1. The van der Waals surface area contributed by atoms with Gasteiger partial charge in [0, 0.05) is 17.5 Å². The van der Waals surface area contributed by atoms with Crippen LogP contribution in [0.4, 0.5) is 4.39 Å². The largest absolute Gasteiger partial charge is 0.497 e. The molecule has 0 aliphatic rings. The Morgan fingerprint density at radius 3 is 2.87 bits per heavy atom. The monoisotopic (exact) mass is 313 g/mol. The summed E-state index contributed by atoms with van der Waals surface area (Å²) in [6.07, 6.45) is 0. The number of carbonyl (C=O) groups excluding carboxylic acids is 1. The molecule has 1 N–H and O–H groups in total. The van der Waals surface area contributed by atoms with Crippen molar-refractivity contribution < 1.29 is 18.3 Å². The van der Waals surface area contributed by atoms with Crippen LogP contribution in [-0.2, 0) is 6.54 Å². The molecule has 118 valence electrons. The summed E-state index contributed by atoms with van der Waals surface area (Å²) in [5.74, 6) is 0.243. The lowest BCUT2D eigenvalue weighted by Crippen LogP contribution is -2.22. The summed E-state index contributed by atoms with van der Waals surface area (Å²) in [5, 5.41) is 3.41. The van der Waals surface area contributed by atoms with Gasteiger partial charge < -0.3 is 14.5 Å². The number of halogens is 1. The molecule has 1 amide bonds. The number of ether oxygens (including phenoxy) is 1. The van der Waals surface area contributed by atoms with E-state index in [0.29, 0.717) is 23.1 Å². The lowest BCUT2D eigenvalue weighted by molar-refractivity contribution is 0.0924. The number of rotatable bonds is 4. The normalized spacial score (nSPS) is 10.7. The Balaban J connectivity index is 1.79. The Morgan fingerprint density at radius 2 is 2.09 bits per heavy atom. The highest BCUT2D eigenvalue weighted by Gasteiger charge is 2.17. The van der Waals surface area contributed by atoms with Gasteiger partial charge in [0.2, 0.25) is 0 Å². The molecule has 1 aromatic heterocycles. The molecule has 0 atom stereocenters. The van der Waals surface area contributed by atoms with E-state index in [1.165, 1.54) is 18.2 Å². The van der Waals surface area contributed by atoms with Gasteiger partial charge in [-0.05, 0) is 42.8 Å². The quantitative estimate of drug-likeness (QED) is 0.796. The minimum Gasteiger partial charge on any atom is -0.497 e. The molecule has 3 rings (SSSR count). The fraction of sp³-hybridized carbons (Fsp3) is 0.167. The number of fused-ring (bicyclic) bond motifs is 1. The van der Waals surface area contributed by atoms with E-state index in [0.717, 1.165) is 11.3 Å². The van der Waals surface area contributed by atoms with Gasteiger partial charge in [-0.25, -0.2) is 4.39 Å². The van der Waals surface area contributed by atoms with E-state index in [2.05, 4.69) is 5.32 Å². The molecule has 0 bridgehead atoms. The topological polar surface area (TPSA) is 51.5 Å². The summed E-state index contributed by atoms with van der Waals surface area (Å²) in [6.45, 7) is 2.09. The maximum atomic E-state index is 13.3. The first-order valence-electron chi connectivity index (χ1n) is 7.18. The molecule has 3 aromatic rings. The molecule has 0 aliphatic carbocycles. The molecular formula is C18H16FNO3. The van der Waals surface area contributed by atoms with Gasteiger partial charge in [-0.1, -0.05) is 12.1 Å². The third kappa shape index (κ3) is 3.04. The zero-order valence-electron chi connectivity index (χ0n) is 12.9. The summed E-state index contributed by atoms with van der Waals surface area (Å²) < 4.78 is 24.0. The predicted molar refractivity (Wildman–Crippen MR) is 85.1 cm³/mol. The molecule has 5 heteroatoms. The molecule has 1 heterocycles. The Hall–Kier alpha value is -2.82. The number of methoxy groups -OCH3 is 1. The van der Waals surface area contributed by atoms with Crippen LogP contribution in [0.1, 0.15) is 21.7 Å². The van der Waals surface area contributed by atoms with Gasteiger partial charge in [0.1, 0.15) is 17.1 Å². The zero-order valence-corrected chi connectivity index (χ0v) is 12.9. The highest BCUT2D eigenvalue weighted by Crippen LogP contribution is 2.26. The van der Waals surface area contributed by atoms with Gasteiger partial charge in [0.05, 0.1) is 7.11 Å². The predicted octanol–water partition coefficient (Wildman–Crippen LogP) is 3.82. The van der Waals surface area contributed by atoms with Crippen molar-refractivity contribution in [3.05, 3.63) is 65.2 Å².